The molecular weight excluding hydrogens is 503 g/mol. The minimum atomic E-state index is -0.808. The molecule has 0 bridgehead atoms. The lowest BCUT2D eigenvalue weighted by atomic mass is 10.1. The Kier molecular flexibility index (Phi) is 7.52. The molecule has 10 heteroatoms. The van der Waals surface area contributed by atoms with Gasteiger partial charge in [0.2, 0.25) is 0 Å². The van der Waals surface area contributed by atoms with Gasteiger partial charge in [0, 0.05) is 21.8 Å². The molecule has 1 unspecified atom stereocenters. The first-order valence-electron chi connectivity index (χ1n) is 10.7. The summed E-state index contributed by atoms with van der Waals surface area (Å²) in [5.74, 6) is -1.62. The Morgan fingerprint density at radius 1 is 0.972 bits per heavy atom. The first kappa shape index (κ1) is 25.2. The summed E-state index contributed by atoms with van der Waals surface area (Å²) in [5, 5.41) is 5.40. The van der Waals surface area contributed by atoms with Crippen LogP contribution in [0.25, 0.3) is 0 Å². The summed E-state index contributed by atoms with van der Waals surface area (Å²) in [6.07, 6.45) is 0. The van der Waals surface area contributed by atoms with Crippen LogP contribution < -0.4 is 16.4 Å². The molecule has 1 aliphatic rings. The Morgan fingerprint density at radius 2 is 1.67 bits per heavy atom. The Morgan fingerprint density at radius 3 is 2.36 bits per heavy atom. The molecule has 1 atom stereocenters. The van der Waals surface area contributed by atoms with E-state index in [-0.39, 0.29) is 27.7 Å². The second-order valence-corrected chi connectivity index (χ2v) is 9.33. The van der Waals surface area contributed by atoms with Gasteiger partial charge in [0.05, 0.1) is 17.0 Å². The van der Waals surface area contributed by atoms with Crippen LogP contribution >= 0.6 is 23.4 Å². The first-order valence-corrected chi connectivity index (χ1v) is 12.0. The Bertz CT molecular complexity index is 1420. The van der Waals surface area contributed by atoms with E-state index >= 15 is 0 Å². The summed E-state index contributed by atoms with van der Waals surface area (Å²) in [6.45, 7) is 1.41. The zero-order valence-electron chi connectivity index (χ0n) is 18.9. The third-order valence-corrected chi connectivity index (χ3v) is 6.54. The third-order valence-electron chi connectivity index (χ3n) is 5.17. The van der Waals surface area contributed by atoms with E-state index in [9.17, 15) is 18.8 Å². The van der Waals surface area contributed by atoms with Crippen molar-refractivity contribution in [1.82, 2.24) is 5.32 Å². The van der Waals surface area contributed by atoms with Crippen molar-refractivity contribution < 1.29 is 18.8 Å². The van der Waals surface area contributed by atoms with E-state index < -0.39 is 23.0 Å². The zero-order chi connectivity index (χ0) is 25.8. The van der Waals surface area contributed by atoms with Gasteiger partial charge in [-0.2, -0.15) is 0 Å². The van der Waals surface area contributed by atoms with Gasteiger partial charge < -0.3 is 16.4 Å². The molecule has 0 spiro atoms. The largest absolute Gasteiger partial charge is 0.399 e. The van der Waals surface area contributed by atoms with Gasteiger partial charge in [-0.15, -0.1) is 0 Å². The number of carbonyl (C=O) groups is 3. The summed E-state index contributed by atoms with van der Waals surface area (Å²) in [7, 11) is 0. The van der Waals surface area contributed by atoms with Crippen LogP contribution in [-0.4, -0.2) is 28.0 Å². The van der Waals surface area contributed by atoms with Crippen LogP contribution in [0.4, 0.5) is 15.8 Å². The molecule has 36 heavy (non-hydrogen) atoms. The average molecular weight is 523 g/mol. The molecule has 7 nitrogen and oxygen atoms in total. The van der Waals surface area contributed by atoms with Crippen LogP contribution in [0.2, 0.25) is 5.02 Å². The maximum atomic E-state index is 13.4. The van der Waals surface area contributed by atoms with Crippen LogP contribution in [0.5, 0.6) is 0 Å². The molecule has 0 aliphatic carbocycles. The number of anilines is 1. The molecule has 2 amide bonds. The van der Waals surface area contributed by atoms with Crippen LogP contribution in [-0.2, 0) is 4.79 Å². The normalized spacial score (nSPS) is 16.2. The predicted octanol–water partition coefficient (Wildman–Crippen LogP) is 5.07. The Hall–Kier alpha value is -3.95. The topological polar surface area (TPSA) is 114 Å². The van der Waals surface area contributed by atoms with E-state index in [0.717, 1.165) is 11.8 Å². The van der Waals surface area contributed by atoms with Gasteiger partial charge in [0.15, 0.2) is 5.78 Å². The molecule has 182 valence electrons. The number of thioether (sulfide) groups is 1. The minimum Gasteiger partial charge on any atom is -0.399 e. The van der Waals surface area contributed by atoms with E-state index in [2.05, 4.69) is 15.6 Å². The van der Waals surface area contributed by atoms with Crippen LogP contribution in [0.15, 0.2) is 89.1 Å². The van der Waals surface area contributed by atoms with Crippen molar-refractivity contribution in [2.75, 3.05) is 5.32 Å². The highest BCUT2D eigenvalue weighted by atomic mass is 35.5. The number of carbonyl (C=O) groups excluding carboxylic acids is 3. The molecule has 3 aromatic carbocycles. The van der Waals surface area contributed by atoms with Crippen LogP contribution in [0, 0.1) is 5.82 Å². The van der Waals surface area contributed by atoms with Crippen molar-refractivity contribution in [3.8, 4) is 0 Å². The number of Topliss-reactive ketones (excluding diaryl/α,β-unsaturated/α-hetero) is 1. The summed E-state index contributed by atoms with van der Waals surface area (Å²) < 4.78 is 13.4. The lowest BCUT2D eigenvalue weighted by molar-refractivity contribution is -0.112. The van der Waals surface area contributed by atoms with Gasteiger partial charge in [0.25, 0.3) is 11.8 Å². The van der Waals surface area contributed by atoms with E-state index in [1.165, 1.54) is 37.3 Å². The molecule has 0 saturated heterocycles. The Balaban J connectivity index is 1.65. The van der Waals surface area contributed by atoms with Crippen molar-refractivity contribution in [1.29, 1.82) is 0 Å². The SMILES string of the molecule is CC(=O)c1cccc(C(=O)NC2SC(=Nc3ccc(F)cc3)C(C(=O)Nc3cccc(Cl)c3)=C2N)c1. The second kappa shape index (κ2) is 10.8. The highest BCUT2D eigenvalue weighted by Gasteiger charge is 2.35. The number of nitrogens with two attached hydrogens (primary N) is 1. The minimum absolute atomic E-state index is 0.0760. The highest BCUT2D eigenvalue weighted by Crippen LogP contribution is 2.34. The standard InChI is InChI=1S/C26H20ClFN4O3S/c1-14(33)15-4-2-5-16(12-15)23(34)32-26-22(29)21(24(35)30-20-7-3-6-17(27)13-20)25(36-26)31-19-10-8-18(28)9-11-19/h2-13,26H,29H2,1H3,(H,30,35)(H,32,34). The first-order chi connectivity index (χ1) is 17.2. The number of rotatable bonds is 6. The third kappa shape index (κ3) is 5.81. The number of halogens is 2. The predicted molar refractivity (Wildman–Crippen MR) is 140 cm³/mol. The molecular formula is C26H20ClFN4O3S. The number of hydrogen-bond donors (Lipinski definition) is 3. The second-order valence-electron chi connectivity index (χ2n) is 7.80. The van der Waals surface area contributed by atoms with Gasteiger partial charge in [0.1, 0.15) is 16.2 Å². The van der Waals surface area contributed by atoms with E-state index in [1.807, 2.05) is 0 Å². The molecule has 1 heterocycles. The smallest absolute Gasteiger partial charge is 0.260 e. The molecule has 3 aromatic rings. The van der Waals surface area contributed by atoms with Gasteiger partial charge >= 0.3 is 0 Å². The van der Waals surface area contributed by atoms with Crippen LogP contribution in [0.3, 0.4) is 0 Å². The van der Waals surface area contributed by atoms with Gasteiger partial charge in [-0.3, -0.25) is 14.4 Å². The lowest BCUT2D eigenvalue weighted by Crippen LogP contribution is -2.35. The number of nitrogens with zero attached hydrogens (tertiary/aromatic N) is 1. The van der Waals surface area contributed by atoms with E-state index in [1.54, 1.807) is 42.5 Å². The number of ketones is 1. The summed E-state index contributed by atoms with van der Waals surface area (Å²) in [4.78, 5) is 42.3. The quantitative estimate of drug-likeness (QED) is 0.391. The maximum absolute atomic E-state index is 13.4. The van der Waals surface area contributed by atoms with Crippen molar-refractivity contribution in [2.45, 2.75) is 12.3 Å². The number of benzene rings is 3. The fourth-order valence-electron chi connectivity index (χ4n) is 3.38. The van der Waals surface area contributed by atoms with Crippen molar-refractivity contribution >= 4 is 57.4 Å². The number of nitrogens with one attached hydrogen (secondary N) is 2. The van der Waals surface area contributed by atoms with Gasteiger partial charge in [-0.1, -0.05) is 41.6 Å². The molecule has 1 aliphatic heterocycles. The summed E-state index contributed by atoms with van der Waals surface area (Å²) in [6, 6.07) is 18.3. The monoisotopic (exact) mass is 522 g/mol. The fourth-order valence-corrected chi connectivity index (χ4v) is 4.69. The van der Waals surface area contributed by atoms with Crippen LogP contribution in [0.1, 0.15) is 27.6 Å². The van der Waals surface area contributed by atoms with E-state index in [0.29, 0.717) is 22.0 Å². The zero-order valence-corrected chi connectivity index (χ0v) is 20.5. The van der Waals surface area contributed by atoms with Crippen molar-refractivity contribution in [2.24, 2.45) is 10.7 Å². The molecule has 0 aromatic heterocycles. The van der Waals surface area contributed by atoms with Gasteiger partial charge in [-0.25, -0.2) is 9.38 Å². The maximum Gasteiger partial charge on any atom is 0.260 e. The number of hydrogen-bond acceptors (Lipinski definition) is 6. The number of amides is 2. The highest BCUT2D eigenvalue weighted by molar-refractivity contribution is 8.15. The summed E-state index contributed by atoms with van der Waals surface area (Å²) in [5.41, 5.74) is 8.03. The average Bonchev–Trinajstić information content (AvgIpc) is 3.15. The van der Waals surface area contributed by atoms with Crippen molar-refractivity contribution in [3.63, 3.8) is 0 Å². The molecule has 0 saturated carbocycles. The van der Waals surface area contributed by atoms with Crippen molar-refractivity contribution in [3.05, 3.63) is 106 Å². The summed E-state index contributed by atoms with van der Waals surface area (Å²) >= 11 is 7.09. The molecule has 4 rings (SSSR count). The van der Waals surface area contributed by atoms with Gasteiger partial charge in [-0.05, 0) is 61.5 Å². The molecule has 0 fully saturated rings. The number of aliphatic imine (C=N–C) groups is 1. The molecule has 4 N–H and O–H groups in total. The molecule has 0 radical (unpaired) electrons. The Labute approximate surface area is 215 Å². The lowest BCUT2D eigenvalue weighted by Gasteiger charge is -2.13. The fraction of sp³-hybridized carbons (Fsp3) is 0.0769. The van der Waals surface area contributed by atoms with E-state index in [4.69, 9.17) is 17.3 Å².